The quantitative estimate of drug-likeness (QED) is 0.798. The van der Waals surface area contributed by atoms with Crippen LogP contribution in [0.4, 0.5) is 5.82 Å². The van der Waals surface area contributed by atoms with Crippen molar-refractivity contribution in [1.29, 1.82) is 0 Å². The van der Waals surface area contributed by atoms with Crippen molar-refractivity contribution >= 4 is 16.7 Å². The molecule has 1 aliphatic carbocycles. The van der Waals surface area contributed by atoms with Crippen molar-refractivity contribution in [2.45, 2.75) is 45.1 Å². The molecule has 5 nitrogen and oxygen atoms in total. The minimum Gasteiger partial charge on any atom is -0.367 e. The molecular formula is C18H21N5. The standard InChI is InChI=1S/C18H21N5/c1-13-11-17(21-15-8-3-2-4-9-15)22-18(20-13)23-16-10-6-5-7-14(16)12-19-23/h5-7,10-12,15H,2-4,8-9H2,1H3,(H,20,21,22). The SMILES string of the molecule is Cc1cc(NC2CCCCC2)nc(-n2ncc3ccccc32)n1. The first-order chi connectivity index (χ1) is 11.3. The van der Waals surface area contributed by atoms with Crippen molar-refractivity contribution in [3.05, 3.63) is 42.2 Å². The first-order valence-corrected chi connectivity index (χ1v) is 8.35. The fourth-order valence-corrected chi connectivity index (χ4v) is 3.31. The number of aromatic nitrogens is 4. The van der Waals surface area contributed by atoms with Crippen LogP contribution in [0.3, 0.4) is 0 Å². The van der Waals surface area contributed by atoms with E-state index < -0.39 is 0 Å². The Balaban J connectivity index is 1.68. The number of aryl methyl sites for hydroxylation is 1. The first kappa shape index (κ1) is 14.2. The largest absolute Gasteiger partial charge is 0.367 e. The fourth-order valence-electron chi connectivity index (χ4n) is 3.31. The lowest BCUT2D eigenvalue weighted by atomic mass is 9.95. The molecule has 2 aromatic heterocycles. The monoisotopic (exact) mass is 307 g/mol. The Bertz CT molecular complexity index is 817. The number of fused-ring (bicyclic) bond motifs is 1. The summed E-state index contributed by atoms with van der Waals surface area (Å²) >= 11 is 0. The van der Waals surface area contributed by atoms with E-state index >= 15 is 0 Å². The molecule has 1 N–H and O–H groups in total. The van der Waals surface area contributed by atoms with Gasteiger partial charge in [0, 0.05) is 23.2 Å². The van der Waals surface area contributed by atoms with Crippen LogP contribution < -0.4 is 5.32 Å². The molecule has 0 radical (unpaired) electrons. The molecule has 1 saturated carbocycles. The van der Waals surface area contributed by atoms with Gasteiger partial charge in [-0.1, -0.05) is 37.5 Å². The molecule has 0 bridgehead atoms. The first-order valence-electron chi connectivity index (χ1n) is 8.35. The van der Waals surface area contributed by atoms with Crippen molar-refractivity contribution < 1.29 is 0 Å². The van der Waals surface area contributed by atoms with Crippen LogP contribution in [0.1, 0.15) is 37.8 Å². The van der Waals surface area contributed by atoms with Gasteiger partial charge in [-0.25, -0.2) is 4.98 Å². The van der Waals surface area contributed by atoms with Gasteiger partial charge in [-0.3, -0.25) is 0 Å². The van der Waals surface area contributed by atoms with Gasteiger partial charge in [-0.15, -0.1) is 0 Å². The minimum absolute atomic E-state index is 0.528. The average Bonchev–Trinajstić information content (AvgIpc) is 2.99. The summed E-state index contributed by atoms with van der Waals surface area (Å²) in [6.45, 7) is 2.00. The van der Waals surface area contributed by atoms with Gasteiger partial charge in [0.25, 0.3) is 5.95 Å². The second-order valence-electron chi connectivity index (χ2n) is 6.29. The number of para-hydroxylation sites is 1. The van der Waals surface area contributed by atoms with Crippen molar-refractivity contribution in [2.24, 2.45) is 0 Å². The van der Waals surface area contributed by atoms with Gasteiger partial charge in [0.1, 0.15) is 5.82 Å². The van der Waals surface area contributed by atoms with E-state index in [9.17, 15) is 0 Å². The van der Waals surface area contributed by atoms with Crippen LogP contribution in [0.2, 0.25) is 0 Å². The summed E-state index contributed by atoms with van der Waals surface area (Å²) in [6, 6.07) is 10.7. The van der Waals surface area contributed by atoms with Crippen LogP contribution in [-0.2, 0) is 0 Å². The number of hydrogen-bond donors (Lipinski definition) is 1. The molecule has 23 heavy (non-hydrogen) atoms. The third-order valence-electron chi connectivity index (χ3n) is 4.47. The Labute approximate surface area is 135 Å². The van der Waals surface area contributed by atoms with Crippen molar-refractivity contribution in [1.82, 2.24) is 19.7 Å². The zero-order valence-electron chi connectivity index (χ0n) is 13.4. The molecule has 0 atom stereocenters. The third-order valence-corrected chi connectivity index (χ3v) is 4.47. The number of nitrogens with zero attached hydrogens (tertiary/aromatic N) is 4. The van der Waals surface area contributed by atoms with Crippen molar-refractivity contribution in [3.63, 3.8) is 0 Å². The zero-order chi connectivity index (χ0) is 15.6. The van der Waals surface area contributed by atoms with E-state index in [1.807, 2.05) is 42.1 Å². The molecule has 3 aromatic rings. The molecule has 5 heteroatoms. The number of benzene rings is 1. The van der Waals surface area contributed by atoms with Crippen LogP contribution in [-0.4, -0.2) is 25.8 Å². The van der Waals surface area contributed by atoms with Gasteiger partial charge in [-0.2, -0.15) is 14.8 Å². The second-order valence-corrected chi connectivity index (χ2v) is 6.29. The van der Waals surface area contributed by atoms with Crippen LogP contribution in [0.25, 0.3) is 16.9 Å². The number of hydrogen-bond acceptors (Lipinski definition) is 4. The summed E-state index contributed by atoms with van der Waals surface area (Å²) in [5.74, 6) is 1.53. The van der Waals surface area contributed by atoms with E-state index in [4.69, 9.17) is 4.98 Å². The summed E-state index contributed by atoms with van der Waals surface area (Å²) in [7, 11) is 0. The topological polar surface area (TPSA) is 55.6 Å². The molecule has 0 spiro atoms. The molecule has 1 aliphatic rings. The van der Waals surface area contributed by atoms with E-state index in [-0.39, 0.29) is 0 Å². The fraction of sp³-hybridized carbons (Fsp3) is 0.389. The summed E-state index contributed by atoms with van der Waals surface area (Å²) in [5.41, 5.74) is 1.98. The van der Waals surface area contributed by atoms with Gasteiger partial charge in [0.15, 0.2) is 0 Å². The lowest BCUT2D eigenvalue weighted by Gasteiger charge is -2.23. The van der Waals surface area contributed by atoms with Crippen LogP contribution in [0.5, 0.6) is 0 Å². The normalized spacial score (nSPS) is 15.9. The van der Waals surface area contributed by atoms with E-state index in [0.717, 1.165) is 22.4 Å². The van der Waals surface area contributed by atoms with E-state index in [1.165, 1.54) is 32.1 Å². The molecule has 4 rings (SSSR count). The Kier molecular flexibility index (Phi) is 3.69. The second kappa shape index (κ2) is 5.99. The van der Waals surface area contributed by atoms with Gasteiger partial charge < -0.3 is 5.32 Å². The molecule has 0 aliphatic heterocycles. The summed E-state index contributed by atoms with van der Waals surface area (Å²) in [4.78, 5) is 9.27. The molecule has 0 unspecified atom stereocenters. The number of anilines is 1. The smallest absolute Gasteiger partial charge is 0.253 e. The van der Waals surface area contributed by atoms with Gasteiger partial charge in [0.05, 0.1) is 11.7 Å². The number of rotatable bonds is 3. The highest BCUT2D eigenvalue weighted by atomic mass is 15.4. The van der Waals surface area contributed by atoms with Crippen molar-refractivity contribution in [3.8, 4) is 5.95 Å². The van der Waals surface area contributed by atoms with Crippen LogP contribution >= 0.6 is 0 Å². The lowest BCUT2D eigenvalue weighted by molar-refractivity contribution is 0.461. The zero-order valence-corrected chi connectivity index (χ0v) is 13.4. The van der Waals surface area contributed by atoms with Crippen LogP contribution in [0, 0.1) is 6.92 Å². The summed E-state index contributed by atoms with van der Waals surface area (Å²) < 4.78 is 1.81. The maximum absolute atomic E-state index is 4.70. The van der Waals surface area contributed by atoms with Gasteiger partial charge >= 0.3 is 0 Å². The maximum Gasteiger partial charge on any atom is 0.253 e. The highest BCUT2D eigenvalue weighted by molar-refractivity contribution is 5.79. The molecular weight excluding hydrogens is 286 g/mol. The Morgan fingerprint density at radius 2 is 1.91 bits per heavy atom. The molecule has 1 aromatic carbocycles. The summed E-state index contributed by atoms with van der Waals surface area (Å²) in [6.07, 6.45) is 8.27. The number of nitrogens with one attached hydrogen (secondary N) is 1. The maximum atomic E-state index is 4.70. The van der Waals surface area contributed by atoms with Gasteiger partial charge in [-0.05, 0) is 25.8 Å². The molecule has 1 fully saturated rings. The predicted molar refractivity (Wildman–Crippen MR) is 91.9 cm³/mol. The molecule has 0 saturated heterocycles. The lowest BCUT2D eigenvalue weighted by Crippen LogP contribution is -2.23. The Morgan fingerprint density at radius 3 is 2.78 bits per heavy atom. The highest BCUT2D eigenvalue weighted by Gasteiger charge is 2.15. The highest BCUT2D eigenvalue weighted by Crippen LogP contribution is 2.22. The summed E-state index contributed by atoms with van der Waals surface area (Å²) in [5, 5.41) is 9.14. The minimum atomic E-state index is 0.528. The molecule has 0 amide bonds. The Morgan fingerprint density at radius 1 is 1.09 bits per heavy atom. The third kappa shape index (κ3) is 2.91. The van der Waals surface area contributed by atoms with Gasteiger partial charge in [0.2, 0.25) is 0 Å². The predicted octanol–water partition coefficient (Wildman–Crippen LogP) is 3.87. The van der Waals surface area contributed by atoms with Crippen molar-refractivity contribution in [2.75, 3.05) is 5.32 Å². The molecule has 2 heterocycles. The van der Waals surface area contributed by atoms with E-state index in [1.54, 1.807) is 0 Å². The van der Waals surface area contributed by atoms with Crippen LogP contribution in [0.15, 0.2) is 36.5 Å². The average molecular weight is 307 g/mol. The van der Waals surface area contributed by atoms with E-state index in [2.05, 4.69) is 21.5 Å². The Hall–Kier alpha value is -2.43. The van der Waals surface area contributed by atoms with E-state index in [0.29, 0.717) is 12.0 Å². The molecule has 118 valence electrons.